The van der Waals surface area contributed by atoms with Crippen molar-refractivity contribution in [1.82, 2.24) is 0 Å². The molecule has 17 heavy (non-hydrogen) atoms. The lowest BCUT2D eigenvalue weighted by Crippen LogP contribution is -2.13. The van der Waals surface area contributed by atoms with Crippen LogP contribution in [0.2, 0.25) is 0 Å². The van der Waals surface area contributed by atoms with Gasteiger partial charge in [0.2, 0.25) is 0 Å². The molecule has 0 bridgehead atoms. The number of hydrogen-bond acceptors (Lipinski definition) is 5. The second-order valence-electron chi connectivity index (χ2n) is 3.66. The Morgan fingerprint density at radius 2 is 2.06 bits per heavy atom. The van der Waals surface area contributed by atoms with E-state index in [2.05, 4.69) is 0 Å². The van der Waals surface area contributed by atoms with Crippen LogP contribution in [0, 0.1) is 0 Å². The predicted molar refractivity (Wildman–Crippen MR) is 66.1 cm³/mol. The van der Waals surface area contributed by atoms with E-state index in [1.54, 1.807) is 25.3 Å². The number of sulfone groups is 1. The van der Waals surface area contributed by atoms with E-state index in [1.807, 2.05) is 0 Å². The van der Waals surface area contributed by atoms with Crippen LogP contribution in [0.25, 0.3) is 0 Å². The SMILES string of the molecule is COc1ccc(CN)c(OCCS(C)(=O)=O)c1. The van der Waals surface area contributed by atoms with E-state index < -0.39 is 9.84 Å². The molecule has 0 aliphatic carbocycles. The van der Waals surface area contributed by atoms with Crippen LogP contribution < -0.4 is 15.2 Å². The summed E-state index contributed by atoms with van der Waals surface area (Å²) in [5, 5.41) is 0. The van der Waals surface area contributed by atoms with E-state index in [-0.39, 0.29) is 12.4 Å². The molecule has 96 valence electrons. The van der Waals surface area contributed by atoms with Crippen molar-refractivity contribution in [2.45, 2.75) is 6.54 Å². The number of nitrogens with two attached hydrogens (primary N) is 1. The van der Waals surface area contributed by atoms with Crippen LogP contribution >= 0.6 is 0 Å². The van der Waals surface area contributed by atoms with Crippen molar-refractivity contribution in [3.05, 3.63) is 23.8 Å². The summed E-state index contributed by atoms with van der Waals surface area (Å²) in [5.41, 5.74) is 6.38. The monoisotopic (exact) mass is 259 g/mol. The fourth-order valence-corrected chi connectivity index (χ4v) is 1.65. The van der Waals surface area contributed by atoms with Gasteiger partial charge >= 0.3 is 0 Å². The molecule has 1 aromatic rings. The van der Waals surface area contributed by atoms with Crippen molar-refractivity contribution >= 4 is 9.84 Å². The van der Waals surface area contributed by atoms with Crippen LogP contribution in [0.1, 0.15) is 5.56 Å². The third kappa shape index (κ3) is 4.62. The molecule has 0 aliphatic rings. The summed E-state index contributed by atoms with van der Waals surface area (Å²) in [6, 6.07) is 5.28. The number of benzene rings is 1. The maximum absolute atomic E-state index is 11.0. The van der Waals surface area contributed by atoms with E-state index in [9.17, 15) is 8.42 Å². The molecule has 0 spiro atoms. The van der Waals surface area contributed by atoms with Gasteiger partial charge in [0, 0.05) is 24.4 Å². The standard InChI is InChI=1S/C11H17NO4S/c1-15-10-4-3-9(8-12)11(7-10)16-5-6-17(2,13)14/h3-4,7H,5-6,8,12H2,1-2H3. The minimum absolute atomic E-state index is 0.0196. The highest BCUT2D eigenvalue weighted by atomic mass is 32.2. The van der Waals surface area contributed by atoms with E-state index in [4.69, 9.17) is 15.2 Å². The third-order valence-electron chi connectivity index (χ3n) is 2.21. The molecule has 0 saturated heterocycles. The van der Waals surface area contributed by atoms with Crippen molar-refractivity contribution in [2.24, 2.45) is 5.73 Å². The Morgan fingerprint density at radius 1 is 1.35 bits per heavy atom. The molecule has 0 aliphatic heterocycles. The van der Waals surface area contributed by atoms with Crippen LogP contribution in [-0.2, 0) is 16.4 Å². The molecular weight excluding hydrogens is 242 g/mol. The fraction of sp³-hybridized carbons (Fsp3) is 0.455. The quantitative estimate of drug-likeness (QED) is 0.808. The Hall–Kier alpha value is -1.27. The van der Waals surface area contributed by atoms with E-state index >= 15 is 0 Å². The molecule has 5 nitrogen and oxygen atoms in total. The second kappa shape index (κ2) is 5.88. The molecule has 1 rings (SSSR count). The van der Waals surface area contributed by atoms with E-state index in [0.29, 0.717) is 18.0 Å². The molecule has 6 heteroatoms. The van der Waals surface area contributed by atoms with Crippen molar-refractivity contribution in [3.8, 4) is 11.5 Å². The second-order valence-corrected chi connectivity index (χ2v) is 5.92. The Bertz CT molecular complexity index is 470. The van der Waals surface area contributed by atoms with Gasteiger partial charge in [-0.3, -0.25) is 0 Å². The Balaban J connectivity index is 2.74. The van der Waals surface area contributed by atoms with Crippen LogP contribution in [0.5, 0.6) is 11.5 Å². The highest BCUT2D eigenvalue weighted by molar-refractivity contribution is 7.90. The van der Waals surface area contributed by atoms with Gasteiger partial charge in [-0.05, 0) is 6.07 Å². The topological polar surface area (TPSA) is 78.6 Å². The summed E-state index contributed by atoms with van der Waals surface area (Å²) in [5.74, 6) is 1.20. The largest absolute Gasteiger partial charge is 0.497 e. The van der Waals surface area contributed by atoms with Gasteiger partial charge in [0.05, 0.1) is 12.9 Å². The lowest BCUT2D eigenvalue weighted by Gasteiger charge is -2.11. The minimum Gasteiger partial charge on any atom is -0.497 e. The normalized spacial score (nSPS) is 11.2. The van der Waals surface area contributed by atoms with Gasteiger partial charge in [0.25, 0.3) is 0 Å². The minimum atomic E-state index is -3.02. The third-order valence-corrected chi connectivity index (χ3v) is 3.11. The molecule has 0 amide bonds. The zero-order valence-electron chi connectivity index (χ0n) is 9.97. The molecule has 2 N–H and O–H groups in total. The zero-order valence-corrected chi connectivity index (χ0v) is 10.8. The lowest BCUT2D eigenvalue weighted by atomic mass is 10.2. The molecule has 0 radical (unpaired) electrons. The number of hydrogen-bond donors (Lipinski definition) is 1. The predicted octanol–water partition coefficient (Wildman–Crippen LogP) is 0.577. The lowest BCUT2D eigenvalue weighted by molar-refractivity contribution is 0.333. The average Bonchev–Trinajstić information content (AvgIpc) is 2.27. The van der Waals surface area contributed by atoms with Crippen LogP contribution in [0.15, 0.2) is 18.2 Å². The maximum atomic E-state index is 11.0. The average molecular weight is 259 g/mol. The van der Waals surface area contributed by atoms with Gasteiger partial charge in [0.15, 0.2) is 9.84 Å². The van der Waals surface area contributed by atoms with Gasteiger partial charge in [-0.25, -0.2) is 8.42 Å². The summed E-state index contributed by atoms with van der Waals surface area (Å²) in [4.78, 5) is 0. The van der Waals surface area contributed by atoms with Crippen molar-refractivity contribution in [3.63, 3.8) is 0 Å². The molecular formula is C11H17NO4S. The van der Waals surface area contributed by atoms with Gasteiger partial charge in [-0.2, -0.15) is 0 Å². The molecule has 0 fully saturated rings. The Morgan fingerprint density at radius 3 is 2.59 bits per heavy atom. The summed E-state index contributed by atoms with van der Waals surface area (Å²) in [6.45, 7) is 0.442. The van der Waals surface area contributed by atoms with E-state index in [0.717, 1.165) is 5.56 Å². The van der Waals surface area contributed by atoms with Crippen molar-refractivity contribution in [2.75, 3.05) is 25.7 Å². The van der Waals surface area contributed by atoms with Crippen LogP contribution in [0.4, 0.5) is 0 Å². The highest BCUT2D eigenvalue weighted by Gasteiger charge is 2.07. The smallest absolute Gasteiger partial charge is 0.150 e. The number of ether oxygens (including phenoxy) is 2. The maximum Gasteiger partial charge on any atom is 0.150 e. The van der Waals surface area contributed by atoms with Crippen LogP contribution in [-0.4, -0.2) is 34.1 Å². The molecule has 1 aromatic carbocycles. The van der Waals surface area contributed by atoms with Gasteiger partial charge in [-0.15, -0.1) is 0 Å². The Kier molecular flexibility index (Phi) is 4.77. The van der Waals surface area contributed by atoms with Gasteiger partial charge in [0.1, 0.15) is 18.1 Å². The first-order chi connectivity index (χ1) is 7.96. The first-order valence-corrected chi connectivity index (χ1v) is 7.20. The first-order valence-electron chi connectivity index (χ1n) is 5.14. The molecule has 0 saturated carbocycles. The van der Waals surface area contributed by atoms with Crippen molar-refractivity contribution in [1.29, 1.82) is 0 Å². The van der Waals surface area contributed by atoms with Crippen LogP contribution in [0.3, 0.4) is 0 Å². The Labute approximate surface area is 101 Å². The summed E-state index contributed by atoms with van der Waals surface area (Å²) in [6.07, 6.45) is 1.17. The summed E-state index contributed by atoms with van der Waals surface area (Å²) in [7, 11) is -1.46. The first kappa shape index (κ1) is 13.8. The van der Waals surface area contributed by atoms with Crippen molar-refractivity contribution < 1.29 is 17.9 Å². The number of rotatable bonds is 6. The summed E-state index contributed by atoms with van der Waals surface area (Å²) < 4.78 is 32.4. The molecule has 0 heterocycles. The molecule has 0 aromatic heterocycles. The fourth-order valence-electron chi connectivity index (χ4n) is 1.27. The molecule has 0 unspecified atom stereocenters. The van der Waals surface area contributed by atoms with Gasteiger partial charge < -0.3 is 15.2 Å². The molecule has 0 atom stereocenters. The van der Waals surface area contributed by atoms with Gasteiger partial charge in [-0.1, -0.05) is 6.07 Å². The summed E-state index contributed by atoms with van der Waals surface area (Å²) >= 11 is 0. The number of methoxy groups -OCH3 is 1. The van der Waals surface area contributed by atoms with E-state index in [1.165, 1.54) is 6.26 Å². The zero-order chi connectivity index (χ0) is 12.9. The highest BCUT2D eigenvalue weighted by Crippen LogP contribution is 2.24.